The average molecular weight is 271 g/mol. The van der Waals surface area contributed by atoms with Crippen molar-refractivity contribution in [2.45, 2.75) is 6.92 Å². The molecule has 1 aromatic heterocycles. The Morgan fingerprint density at radius 2 is 1.89 bits per heavy atom. The summed E-state index contributed by atoms with van der Waals surface area (Å²) in [6, 6.07) is 13.4. The van der Waals surface area contributed by atoms with Crippen LogP contribution >= 0.6 is 11.6 Å². The molecule has 0 aliphatic heterocycles. The lowest BCUT2D eigenvalue weighted by Crippen LogP contribution is -2.11. The number of nitrogens with one attached hydrogen (secondary N) is 1. The van der Waals surface area contributed by atoms with E-state index in [1.807, 2.05) is 43.3 Å². The first-order valence-electron chi connectivity index (χ1n) is 5.91. The highest BCUT2D eigenvalue weighted by Gasteiger charge is 2.09. The van der Waals surface area contributed by atoms with Gasteiger partial charge in [0.25, 0.3) is 0 Å². The normalized spacial score (nSPS) is 10.8. The average Bonchev–Trinajstić information content (AvgIpc) is 2.41. The molecule has 1 N–H and O–H groups in total. The van der Waals surface area contributed by atoms with E-state index in [9.17, 15) is 4.79 Å². The summed E-state index contributed by atoms with van der Waals surface area (Å²) in [5, 5.41) is 1.53. The second kappa shape index (κ2) is 4.52. The number of aromatic nitrogens is 2. The van der Waals surface area contributed by atoms with Gasteiger partial charge in [0.2, 0.25) is 0 Å². The van der Waals surface area contributed by atoms with Crippen molar-refractivity contribution in [1.29, 1.82) is 0 Å². The predicted octanol–water partition coefficient (Wildman–Crippen LogP) is 3.55. The molecule has 94 valence electrons. The molecule has 2 aromatic carbocycles. The van der Waals surface area contributed by atoms with Gasteiger partial charge in [-0.15, -0.1) is 0 Å². The first-order chi connectivity index (χ1) is 9.15. The number of hydrogen-bond donors (Lipinski definition) is 1. The molecule has 0 radical (unpaired) electrons. The van der Waals surface area contributed by atoms with Gasteiger partial charge in [-0.3, -0.25) is 0 Å². The molecule has 1 heterocycles. The molecule has 3 aromatic rings. The summed E-state index contributed by atoms with van der Waals surface area (Å²) in [7, 11) is 0. The van der Waals surface area contributed by atoms with Crippen molar-refractivity contribution in [2.75, 3.05) is 0 Å². The number of fused-ring (bicyclic) bond motifs is 1. The van der Waals surface area contributed by atoms with E-state index < -0.39 is 0 Å². The number of H-pyrrole nitrogens is 1. The van der Waals surface area contributed by atoms with Gasteiger partial charge in [0.1, 0.15) is 0 Å². The van der Waals surface area contributed by atoms with E-state index in [0.29, 0.717) is 16.2 Å². The van der Waals surface area contributed by atoms with Crippen molar-refractivity contribution < 1.29 is 0 Å². The first kappa shape index (κ1) is 11.9. The van der Waals surface area contributed by atoms with E-state index in [-0.39, 0.29) is 5.69 Å². The molecule has 0 saturated heterocycles. The quantitative estimate of drug-likeness (QED) is 0.735. The molecule has 0 aliphatic carbocycles. The molecular weight excluding hydrogens is 260 g/mol. The molecule has 0 spiro atoms. The summed E-state index contributed by atoms with van der Waals surface area (Å²) in [5.41, 5.74) is 2.89. The van der Waals surface area contributed by atoms with E-state index in [1.54, 1.807) is 6.07 Å². The van der Waals surface area contributed by atoms with Crippen molar-refractivity contribution in [3.8, 4) is 11.3 Å². The maximum Gasteiger partial charge on any atom is 0.345 e. The zero-order valence-electron chi connectivity index (χ0n) is 10.3. The maximum absolute atomic E-state index is 11.7. The minimum absolute atomic E-state index is 0.369. The predicted molar refractivity (Wildman–Crippen MR) is 77.5 cm³/mol. The summed E-state index contributed by atoms with van der Waals surface area (Å²) < 4.78 is 0. The Hall–Kier alpha value is -2.13. The summed E-state index contributed by atoms with van der Waals surface area (Å²) in [5.74, 6) is 0. The Bertz CT molecular complexity index is 809. The van der Waals surface area contributed by atoms with Crippen LogP contribution in [0.4, 0.5) is 0 Å². The zero-order chi connectivity index (χ0) is 13.4. The molecule has 3 rings (SSSR count). The smallest absolute Gasteiger partial charge is 0.305 e. The number of aromatic amines is 1. The summed E-state index contributed by atoms with van der Waals surface area (Å²) in [6.07, 6.45) is 0. The highest BCUT2D eigenvalue weighted by Crippen LogP contribution is 2.28. The number of hydrogen-bond acceptors (Lipinski definition) is 2. The second-order valence-corrected chi connectivity index (χ2v) is 4.81. The van der Waals surface area contributed by atoms with Gasteiger partial charge < -0.3 is 4.98 Å². The Labute approximate surface area is 114 Å². The number of nitrogens with zero attached hydrogens (tertiary/aromatic N) is 1. The van der Waals surface area contributed by atoms with E-state index in [2.05, 4.69) is 9.97 Å². The minimum Gasteiger partial charge on any atom is -0.305 e. The molecule has 0 saturated carbocycles. The van der Waals surface area contributed by atoms with Crippen molar-refractivity contribution >= 4 is 22.5 Å². The summed E-state index contributed by atoms with van der Waals surface area (Å²) >= 11 is 6.10. The fraction of sp³-hybridized carbons (Fsp3) is 0.0667. The molecule has 0 fully saturated rings. The summed E-state index contributed by atoms with van der Waals surface area (Å²) in [4.78, 5) is 18.5. The van der Waals surface area contributed by atoms with Gasteiger partial charge >= 0.3 is 5.69 Å². The highest BCUT2D eigenvalue weighted by atomic mass is 35.5. The first-order valence-corrected chi connectivity index (χ1v) is 6.28. The SMILES string of the molecule is Cc1cc2c(-c3ccccc3)nc(=O)[nH]c2cc1Cl. The zero-order valence-corrected chi connectivity index (χ0v) is 11.0. The second-order valence-electron chi connectivity index (χ2n) is 4.40. The standard InChI is InChI=1S/C15H11ClN2O/c1-9-7-11-13(8-12(9)16)17-15(19)18-14(11)10-5-3-2-4-6-10/h2-8H,1H3,(H,17,18,19). The van der Waals surface area contributed by atoms with Gasteiger partial charge in [-0.2, -0.15) is 4.98 Å². The maximum atomic E-state index is 11.7. The van der Waals surface area contributed by atoms with Gasteiger partial charge in [0, 0.05) is 16.0 Å². The Morgan fingerprint density at radius 1 is 1.16 bits per heavy atom. The molecule has 0 amide bonds. The molecular formula is C15H11ClN2O. The third-order valence-corrected chi connectivity index (χ3v) is 3.46. The topological polar surface area (TPSA) is 45.8 Å². The van der Waals surface area contributed by atoms with Crippen molar-refractivity contribution in [3.63, 3.8) is 0 Å². The number of halogens is 1. The lowest BCUT2D eigenvalue weighted by atomic mass is 10.0. The molecule has 0 aliphatic rings. The molecule has 19 heavy (non-hydrogen) atoms. The van der Waals surface area contributed by atoms with Crippen molar-refractivity contribution in [1.82, 2.24) is 9.97 Å². The monoisotopic (exact) mass is 270 g/mol. The fourth-order valence-corrected chi connectivity index (χ4v) is 2.27. The number of aryl methyl sites for hydroxylation is 1. The minimum atomic E-state index is -0.369. The number of benzene rings is 2. The van der Waals surface area contributed by atoms with E-state index in [0.717, 1.165) is 16.5 Å². The van der Waals surface area contributed by atoms with Crippen LogP contribution in [0.3, 0.4) is 0 Å². The van der Waals surface area contributed by atoms with Crippen LogP contribution in [0, 0.1) is 6.92 Å². The van der Waals surface area contributed by atoms with Crippen LogP contribution in [-0.2, 0) is 0 Å². The van der Waals surface area contributed by atoms with Crippen LogP contribution in [0.1, 0.15) is 5.56 Å². The largest absolute Gasteiger partial charge is 0.345 e. The van der Waals surface area contributed by atoms with E-state index >= 15 is 0 Å². The third-order valence-electron chi connectivity index (χ3n) is 3.06. The lowest BCUT2D eigenvalue weighted by Gasteiger charge is -2.07. The Morgan fingerprint density at radius 3 is 2.63 bits per heavy atom. The van der Waals surface area contributed by atoms with Crippen LogP contribution in [0.15, 0.2) is 47.3 Å². The highest BCUT2D eigenvalue weighted by molar-refractivity contribution is 6.32. The van der Waals surface area contributed by atoms with Gasteiger partial charge in [0.15, 0.2) is 0 Å². The molecule has 4 heteroatoms. The Kier molecular flexibility index (Phi) is 2.84. The summed E-state index contributed by atoms with van der Waals surface area (Å²) in [6.45, 7) is 1.93. The third kappa shape index (κ3) is 2.13. The van der Waals surface area contributed by atoms with Gasteiger partial charge in [-0.1, -0.05) is 41.9 Å². The van der Waals surface area contributed by atoms with Crippen molar-refractivity contribution in [3.05, 3.63) is 63.5 Å². The molecule has 0 bridgehead atoms. The van der Waals surface area contributed by atoms with E-state index in [4.69, 9.17) is 11.6 Å². The number of rotatable bonds is 1. The van der Waals surface area contributed by atoms with Crippen LogP contribution in [0.5, 0.6) is 0 Å². The molecule has 0 unspecified atom stereocenters. The Balaban J connectivity index is 2.42. The van der Waals surface area contributed by atoms with Gasteiger partial charge in [-0.25, -0.2) is 4.79 Å². The fourth-order valence-electron chi connectivity index (χ4n) is 2.10. The van der Waals surface area contributed by atoms with Crippen LogP contribution in [0.2, 0.25) is 5.02 Å². The lowest BCUT2D eigenvalue weighted by molar-refractivity contribution is 1.12. The van der Waals surface area contributed by atoms with Crippen LogP contribution in [-0.4, -0.2) is 9.97 Å². The molecule has 0 atom stereocenters. The van der Waals surface area contributed by atoms with Crippen molar-refractivity contribution in [2.24, 2.45) is 0 Å². The molecule has 3 nitrogen and oxygen atoms in total. The van der Waals surface area contributed by atoms with Crippen LogP contribution < -0.4 is 5.69 Å². The van der Waals surface area contributed by atoms with E-state index in [1.165, 1.54) is 0 Å². The van der Waals surface area contributed by atoms with Gasteiger partial charge in [-0.05, 0) is 24.6 Å². The van der Waals surface area contributed by atoms with Gasteiger partial charge in [0.05, 0.1) is 11.2 Å². The van der Waals surface area contributed by atoms with Crippen LogP contribution in [0.25, 0.3) is 22.2 Å².